The predicted molar refractivity (Wildman–Crippen MR) is 131 cm³/mol. The minimum Gasteiger partial charge on any atom is -0.350 e. The van der Waals surface area contributed by atoms with Crippen LogP contribution in [0, 0.1) is 0 Å². The van der Waals surface area contributed by atoms with E-state index in [4.69, 9.17) is 0 Å². The van der Waals surface area contributed by atoms with Gasteiger partial charge < -0.3 is 5.32 Å². The summed E-state index contributed by atoms with van der Waals surface area (Å²) in [5, 5.41) is 21.1. The maximum Gasteiger partial charge on any atom is 0.272 e. The Kier molecular flexibility index (Phi) is 5.27. The average molecular weight is 463 g/mol. The Morgan fingerprint density at radius 1 is 0.886 bits per heavy atom. The minimum absolute atomic E-state index is 0.206. The summed E-state index contributed by atoms with van der Waals surface area (Å²) >= 11 is 0. The molecule has 172 valence electrons. The molecule has 4 aromatic heterocycles. The van der Waals surface area contributed by atoms with E-state index in [-0.39, 0.29) is 5.91 Å². The highest BCUT2D eigenvalue weighted by atomic mass is 16.1. The molecule has 6 rings (SSSR count). The largest absolute Gasteiger partial charge is 0.350 e. The molecule has 1 N–H and O–H groups in total. The fourth-order valence-corrected chi connectivity index (χ4v) is 4.20. The summed E-state index contributed by atoms with van der Waals surface area (Å²) in [7, 11) is 0. The molecule has 0 atom stereocenters. The summed E-state index contributed by atoms with van der Waals surface area (Å²) in [4.78, 5) is 13.1. The standard InChI is InChI=1S/C26H22N8O/c35-26(27-15-13-24-30-29-23-8-3-4-16-32(23)24)25-21-6-1-2-7-22(21)34(31-25)18-19-9-11-20(12-10-19)33-17-5-14-28-33/h1-12,14,16-17H,13,15,18H2,(H,27,35). The van der Waals surface area contributed by atoms with Crippen LogP contribution in [0.4, 0.5) is 0 Å². The molecule has 9 heteroatoms. The zero-order valence-electron chi connectivity index (χ0n) is 18.8. The first-order valence-corrected chi connectivity index (χ1v) is 11.4. The van der Waals surface area contributed by atoms with Crippen molar-refractivity contribution in [2.75, 3.05) is 6.54 Å². The van der Waals surface area contributed by atoms with Crippen molar-refractivity contribution in [3.8, 4) is 5.69 Å². The Balaban J connectivity index is 1.19. The van der Waals surface area contributed by atoms with Crippen molar-refractivity contribution < 1.29 is 4.79 Å². The topological polar surface area (TPSA) is 94.9 Å². The van der Waals surface area contributed by atoms with Crippen molar-refractivity contribution in [1.29, 1.82) is 0 Å². The predicted octanol–water partition coefficient (Wildman–Crippen LogP) is 3.29. The van der Waals surface area contributed by atoms with Crippen LogP contribution in [0.5, 0.6) is 0 Å². The Morgan fingerprint density at radius 2 is 1.74 bits per heavy atom. The molecule has 9 nitrogen and oxygen atoms in total. The van der Waals surface area contributed by atoms with Crippen LogP contribution in [0.15, 0.2) is 91.4 Å². The number of hydrogen-bond acceptors (Lipinski definition) is 5. The van der Waals surface area contributed by atoms with E-state index in [1.807, 2.05) is 86.8 Å². The molecule has 0 aliphatic carbocycles. The molecule has 0 spiro atoms. The van der Waals surface area contributed by atoms with Gasteiger partial charge in [-0.25, -0.2) is 4.68 Å². The molecule has 1 amide bonds. The number of fused-ring (bicyclic) bond motifs is 2. The smallest absolute Gasteiger partial charge is 0.272 e. The molecule has 4 heterocycles. The number of aromatic nitrogens is 7. The van der Waals surface area contributed by atoms with Gasteiger partial charge in [0.05, 0.1) is 17.7 Å². The Bertz CT molecular complexity index is 1610. The minimum atomic E-state index is -0.206. The third kappa shape index (κ3) is 4.04. The van der Waals surface area contributed by atoms with Gasteiger partial charge in [0.1, 0.15) is 5.82 Å². The number of rotatable bonds is 7. The lowest BCUT2D eigenvalue weighted by Crippen LogP contribution is -2.27. The Hall–Kier alpha value is -4.79. The molecular formula is C26H22N8O. The summed E-state index contributed by atoms with van der Waals surface area (Å²) < 4.78 is 5.62. The highest BCUT2D eigenvalue weighted by Gasteiger charge is 2.17. The molecule has 0 saturated carbocycles. The number of carbonyl (C=O) groups is 1. The summed E-state index contributed by atoms with van der Waals surface area (Å²) in [5.41, 5.74) is 4.19. The van der Waals surface area contributed by atoms with E-state index in [0.717, 1.165) is 33.6 Å². The van der Waals surface area contributed by atoms with Crippen LogP contribution in [0.3, 0.4) is 0 Å². The lowest BCUT2D eigenvalue weighted by Gasteiger charge is -2.06. The van der Waals surface area contributed by atoms with Crippen molar-refractivity contribution in [2.24, 2.45) is 0 Å². The number of amides is 1. The molecule has 0 unspecified atom stereocenters. The van der Waals surface area contributed by atoms with E-state index in [9.17, 15) is 4.79 Å². The molecule has 0 aliphatic rings. The van der Waals surface area contributed by atoms with Gasteiger partial charge in [-0.1, -0.05) is 36.4 Å². The quantitative estimate of drug-likeness (QED) is 0.393. The molecule has 0 saturated heterocycles. The Labute approximate surface area is 200 Å². The number of pyridine rings is 1. The normalized spacial score (nSPS) is 11.3. The van der Waals surface area contributed by atoms with Crippen molar-refractivity contribution in [3.63, 3.8) is 0 Å². The summed E-state index contributed by atoms with van der Waals surface area (Å²) in [6.07, 6.45) is 6.15. The lowest BCUT2D eigenvalue weighted by atomic mass is 10.2. The van der Waals surface area contributed by atoms with Crippen molar-refractivity contribution in [1.82, 2.24) is 39.5 Å². The van der Waals surface area contributed by atoms with Gasteiger partial charge in [0.2, 0.25) is 0 Å². The van der Waals surface area contributed by atoms with Gasteiger partial charge in [-0.05, 0) is 42.0 Å². The fourth-order valence-electron chi connectivity index (χ4n) is 4.20. The highest BCUT2D eigenvalue weighted by Crippen LogP contribution is 2.20. The maximum atomic E-state index is 13.1. The third-order valence-electron chi connectivity index (χ3n) is 5.93. The Morgan fingerprint density at radius 3 is 2.60 bits per heavy atom. The maximum absolute atomic E-state index is 13.1. The fraction of sp³-hybridized carbons (Fsp3) is 0.115. The molecule has 0 fully saturated rings. The first-order valence-electron chi connectivity index (χ1n) is 11.4. The van der Waals surface area contributed by atoms with E-state index in [2.05, 4.69) is 37.8 Å². The van der Waals surface area contributed by atoms with Gasteiger partial charge in [0, 0.05) is 36.9 Å². The number of para-hydroxylation sites is 1. The van der Waals surface area contributed by atoms with Crippen LogP contribution < -0.4 is 5.32 Å². The van der Waals surface area contributed by atoms with E-state index >= 15 is 0 Å². The SMILES string of the molecule is O=C(NCCc1nnc2ccccn12)c1nn(Cc2ccc(-n3cccn3)cc2)c2ccccc12. The van der Waals surface area contributed by atoms with Crippen LogP contribution in [-0.2, 0) is 13.0 Å². The summed E-state index contributed by atoms with van der Waals surface area (Å²) in [6.45, 7) is 0.990. The van der Waals surface area contributed by atoms with Gasteiger partial charge in [0.25, 0.3) is 5.91 Å². The highest BCUT2D eigenvalue weighted by molar-refractivity contribution is 6.04. The second-order valence-corrected chi connectivity index (χ2v) is 8.19. The zero-order chi connectivity index (χ0) is 23.6. The summed E-state index contributed by atoms with van der Waals surface area (Å²) in [6, 6.07) is 23.6. The van der Waals surface area contributed by atoms with E-state index < -0.39 is 0 Å². The molecule has 0 aliphatic heterocycles. The lowest BCUT2D eigenvalue weighted by molar-refractivity contribution is 0.0949. The van der Waals surface area contributed by atoms with Gasteiger partial charge in [-0.15, -0.1) is 10.2 Å². The molecule has 0 radical (unpaired) electrons. The monoisotopic (exact) mass is 462 g/mol. The second kappa shape index (κ2) is 8.86. The second-order valence-electron chi connectivity index (χ2n) is 8.19. The first-order chi connectivity index (χ1) is 17.3. The third-order valence-corrected chi connectivity index (χ3v) is 5.93. The number of benzene rings is 2. The van der Waals surface area contributed by atoms with Crippen LogP contribution in [-0.4, -0.2) is 46.6 Å². The summed E-state index contributed by atoms with van der Waals surface area (Å²) in [5.74, 6) is 0.595. The van der Waals surface area contributed by atoms with Crippen LogP contribution in [0.1, 0.15) is 21.9 Å². The first kappa shape index (κ1) is 20.8. The molecular weight excluding hydrogens is 440 g/mol. The molecule has 6 aromatic rings. The van der Waals surface area contributed by atoms with Crippen molar-refractivity contribution >= 4 is 22.5 Å². The van der Waals surface area contributed by atoms with Gasteiger partial charge in [-0.3, -0.25) is 13.9 Å². The van der Waals surface area contributed by atoms with Crippen molar-refractivity contribution in [2.45, 2.75) is 13.0 Å². The molecule has 0 bridgehead atoms. The van der Waals surface area contributed by atoms with Gasteiger partial charge in [0.15, 0.2) is 11.3 Å². The van der Waals surface area contributed by atoms with E-state index in [0.29, 0.717) is 25.2 Å². The molecule has 2 aromatic carbocycles. The van der Waals surface area contributed by atoms with E-state index in [1.165, 1.54) is 0 Å². The van der Waals surface area contributed by atoms with Crippen LogP contribution in [0.25, 0.3) is 22.2 Å². The van der Waals surface area contributed by atoms with Gasteiger partial charge >= 0.3 is 0 Å². The number of nitrogens with zero attached hydrogens (tertiary/aromatic N) is 7. The average Bonchev–Trinajstić information content (AvgIpc) is 3.65. The number of hydrogen-bond donors (Lipinski definition) is 1. The van der Waals surface area contributed by atoms with Crippen LogP contribution >= 0.6 is 0 Å². The van der Waals surface area contributed by atoms with Crippen molar-refractivity contribution in [3.05, 3.63) is 108 Å². The van der Waals surface area contributed by atoms with Gasteiger partial charge in [-0.2, -0.15) is 10.2 Å². The van der Waals surface area contributed by atoms with E-state index in [1.54, 1.807) is 6.20 Å². The molecule has 35 heavy (non-hydrogen) atoms. The number of nitrogens with one attached hydrogen (secondary N) is 1. The number of carbonyl (C=O) groups excluding carboxylic acids is 1. The zero-order valence-corrected chi connectivity index (χ0v) is 18.8. The van der Waals surface area contributed by atoms with Crippen LogP contribution in [0.2, 0.25) is 0 Å².